The average molecular weight is 395 g/mol. The predicted octanol–water partition coefficient (Wildman–Crippen LogP) is 2.93. The lowest BCUT2D eigenvalue weighted by atomic mass is 10.2. The topological polar surface area (TPSA) is 88.5 Å². The number of para-hydroxylation sites is 2. The van der Waals surface area contributed by atoms with Crippen LogP contribution in [-0.4, -0.2) is 57.0 Å². The van der Waals surface area contributed by atoms with E-state index >= 15 is 0 Å². The molecular weight excluding hydrogens is 370 g/mol. The molecule has 1 aliphatic heterocycles. The lowest BCUT2D eigenvalue weighted by molar-refractivity contribution is -0.133. The van der Waals surface area contributed by atoms with Crippen molar-refractivity contribution < 1.29 is 13.7 Å². The number of hydrogen-bond acceptors (Lipinski definition) is 7. The fourth-order valence-corrected chi connectivity index (χ4v) is 3.84. The molecule has 2 aromatic heterocycles. The summed E-state index contributed by atoms with van der Waals surface area (Å²) in [5.74, 6) is 2.79. The van der Waals surface area contributed by atoms with E-state index in [4.69, 9.17) is 8.94 Å². The number of aromatic nitrogens is 3. The van der Waals surface area contributed by atoms with Crippen LogP contribution in [0.3, 0.4) is 0 Å². The maximum atomic E-state index is 12.6. The van der Waals surface area contributed by atoms with Crippen LogP contribution >= 0.6 is 0 Å². The summed E-state index contributed by atoms with van der Waals surface area (Å²) >= 11 is 0. The van der Waals surface area contributed by atoms with Crippen LogP contribution in [0.25, 0.3) is 11.1 Å². The maximum absolute atomic E-state index is 12.6. The van der Waals surface area contributed by atoms with Gasteiger partial charge in [-0.1, -0.05) is 17.3 Å². The highest BCUT2D eigenvalue weighted by atomic mass is 16.5. The molecule has 29 heavy (non-hydrogen) atoms. The van der Waals surface area contributed by atoms with Crippen LogP contribution in [0.4, 0.5) is 0 Å². The Morgan fingerprint density at radius 1 is 1.17 bits per heavy atom. The Bertz CT molecular complexity index is 968. The summed E-state index contributed by atoms with van der Waals surface area (Å²) in [6.07, 6.45) is 3.27. The Hall–Kier alpha value is -2.74. The highest BCUT2D eigenvalue weighted by Gasteiger charge is 2.32. The molecule has 3 aromatic rings. The van der Waals surface area contributed by atoms with Gasteiger partial charge in [-0.3, -0.25) is 9.69 Å². The molecule has 1 saturated heterocycles. The SMILES string of the molecule is CC(c1nc(C2CC2)no1)N1CCN(C(=O)CCc2nc3ccccc3o2)CC1. The Morgan fingerprint density at radius 2 is 1.97 bits per heavy atom. The van der Waals surface area contributed by atoms with E-state index in [1.54, 1.807) is 0 Å². The third-order valence-corrected chi connectivity index (χ3v) is 5.86. The molecular formula is C21H25N5O3. The van der Waals surface area contributed by atoms with Gasteiger partial charge in [0.25, 0.3) is 0 Å². The van der Waals surface area contributed by atoms with E-state index in [9.17, 15) is 4.79 Å². The number of rotatable bonds is 6. The van der Waals surface area contributed by atoms with Crippen LogP contribution in [-0.2, 0) is 11.2 Å². The zero-order valence-electron chi connectivity index (χ0n) is 16.6. The molecule has 1 saturated carbocycles. The van der Waals surface area contributed by atoms with Crippen LogP contribution in [0.1, 0.15) is 55.8 Å². The van der Waals surface area contributed by atoms with Gasteiger partial charge in [0.15, 0.2) is 17.3 Å². The molecule has 2 aliphatic rings. The second-order valence-corrected chi connectivity index (χ2v) is 7.93. The van der Waals surface area contributed by atoms with Gasteiger partial charge in [0.1, 0.15) is 5.52 Å². The van der Waals surface area contributed by atoms with Crippen LogP contribution < -0.4 is 0 Å². The molecule has 8 heteroatoms. The van der Waals surface area contributed by atoms with E-state index in [0.29, 0.717) is 43.6 Å². The number of carbonyl (C=O) groups is 1. The fraction of sp³-hybridized carbons (Fsp3) is 0.524. The van der Waals surface area contributed by atoms with Crippen LogP contribution in [0.2, 0.25) is 0 Å². The number of aryl methyl sites for hydroxylation is 1. The first-order chi connectivity index (χ1) is 14.2. The number of amides is 1. The van der Waals surface area contributed by atoms with Gasteiger partial charge in [0.05, 0.1) is 6.04 Å². The summed E-state index contributed by atoms with van der Waals surface area (Å²) < 4.78 is 11.2. The zero-order chi connectivity index (χ0) is 19.8. The van der Waals surface area contributed by atoms with Crippen molar-refractivity contribution in [1.29, 1.82) is 0 Å². The van der Waals surface area contributed by atoms with Gasteiger partial charge in [0.2, 0.25) is 11.8 Å². The molecule has 0 N–H and O–H groups in total. The number of oxazole rings is 1. The van der Waals surface area contributed by atoms with E-state index in [1.165, 1.54) is 0 Å². The summed E-state index contributed by atoms with van der Waals surface area (Å²) in [4.78, 5) is 25.9. The third-order valence-electron chi connectivity index (χ3n) is 5.86. The van der Waals surface area contributed by atoms with Crippen LogP contribution in [0.5, 0.6) is 0 Å². The minimum absolute atomic E-state index is 0.0759. The molecule has 5 rings (SSSR count). The lowest BCUT2D eigenvalue weighted by Crippen LogP contribution is -2.49. The largest absolute Gasteiger partial charge is 0.441 e. The van der Waals surface area contributed by atoms with Crippen molar-refractivity contribution >= 4 is 17.0 Å². The summed E-state index contributed by atoms with van der Waals surface area (Å²) in [6.45, 7) is 5.11. The number of hydrogen-bond donors (Lipinski definition) is 0. The Morgan fingerprint density at radius 3 is 2.72 bits per heavy atom. The summed E-state index contributed by atoms with van der Waals surface area (Å²) in [5, 5.41) is 4.11. The summed E-state index contributed by atoms with van der Waals surface area (Å²) in [7, 11) is 0. The van der Waals surface area contributed by atoms with E-state index in [1.807, 2.05) is 29.2 Å². The second-order valence-electron chi connectivity index (χ2n) is 7.93. The molecule has 2 fully saturated rings. The molecule has 1 amide bonds. The highest BCUT2D eigenvalue weighted by Crippen LogP contribution is 2.38. The van der Waals surface area contributed by atoms with Crippen molar-refractivity contribution in [1.82, 2.24) is 24.9 Å². The monoisotopic (exact) mass is 395 g/mol. The lowest BCUT2D eigenvalue weighted by Gasteiger charge is -2.36. The molecule has 8 nitrogen and oxygen atoms in total. The Labute approximate surface area is 168 Å². The normalized spacial score (nSPS) is 19.0. The molecule has 0 bridgehead atoms. The smallest absolute Gasteiger partial charge is 0.243 e. The summed E-state index contributed by atoms with van der Waals surface area (Å²) in [5.41, 5.74) is 1.60. The average Bonchev–Trinajstić information content (AvgIpc) is 3.33. The van der Waals surface area contributed by atoms with Gasteiger partial charge in [-0.05, 0) is 31.9 Å². The molecule has 1 aromatic carbocycles. The molecule has 1 aliphatic carbocycles. The molecule has 1 atom stereocenters. The highest BCUT2D eigenvalue weighted by molar-refractivity contribution is 5.77. The minimum Gasteiger partial charge on any atom is -0.441 e. The minimum atomic E-state index is 0.0759. The Kier molecular flexibility index (Phi) is 4.79. The first-order valence-electron chi connectivity index (χ1n) is 10.4. The fourth-order valence-electron chi connectivity index (χ4n) is 3.84. The van der Waals surface area contributed by atoms with Crippen molar-refractivity contribution in [3.63, 3.8) is 0 Å². The van der Waals surface area contributed by atoms with Gasteiger partial charge in [-0.25, -0.2) is 4.98 Å². The van der Waals surface area contributed by atoms with Gasteiger partial charge < -0.3 is 13.8 Å². The van der Waals surface area contributed by atoms with Crippen molar-refractivity contribution in [3.8, 4) is 0 Å². The molecule has 0 radical (unpaired) electrons. The number of piperazine rings is 1. The predicted molar refractivity (Wildman–Crippen MR) is 105 cm³/mol. The van der Waals surface area contributed by atoms with Crippen LogP contribution in [0.15, 0.2) is 33.2 Å². The molecule has 0 spiro atoms. The standard InChI is InChI=1S/C21H25N5O3/c1-14(21-23-20(24-29-21)15-6-7-15)25-10-12-26(13-11-25)19(27)9-8-18-22-16-4-2-3-5-17(16)28-18/h2-5,14-15H,6-13H2,1H3. The number of fused-ring (bicyclic) bond motifs is 1. The first kappa shape index (κ1) is 18.3. The van der Waals surface area contributed by atoms with Gasteiger partial charge in [-0.2, -0.15) is 4.98 Å². The quantitative estimate of drug-likeness (QED) is 0.634. The van der Waals surface area contributed by atoms with Gasteiger partial charge >= 0.3 is 0 Å². The second kappa shape index (κ2) is 7.59. The third kappa shape index (κ3) is 3.89. The van der Waals surface area contributed by atoms with Crippen molar-refractivity contribution in [2.75, 3.05) is 26.2 Å². The van der Waals surface area contributed by atoms with E-state index in [-0.39, 0.29) is 11.9 Å². The zero-order valence-corrected chi connectivity index (χ0v) is 16.6. The van der Waals surface area contributed by atoms with Crippen molar-refractivity contribution in [2.45, 2.75) is 44.6 Å². The molecule has 1 unspecified atom stereocenters. The van der Waals surface area contributed by atoms with Gasteiger partial charge in [-0.15, -0.1) is 0 Å². The Balaban J connectivity index is 1.12. The molecule has 3 heterocycles. The number of nitrogens with zero attached hydrogens (tertiary/aromatic N) is 5. The summed E-state index contributed by atoms with van der Waals surface area (Å²) in [6, 6.07) is 7.74. The first-order valence-corrected chi connectivity index (χ1v) is 10.4. The van der Waals surface area contributed by atoms with Gasteiger partial charge in [0, 0.05) is 44.9 Å². The maximum Gasteiger partial charge on any atom is 0.243 e. The van der Waals surface area contributed by atoms with E-state index in [2.05, 4.69) is 26.9 Å². The van der Waals surface area contributed by atoms with Crippen molar-refractivity contribution in [3.05, 3.63) is 41.9 Å². The molecule has 152 valence electrons. The van der Waals surface area contributed by atoms with Crippen molar-refractivity contribution in [2.24, 2.45) is 0 Å². The number of carbonyl (C=O) groups excluding carboxylic acids is 1. The van der Waals surface area contributed by atoms with Crippen LogP contribution in [0, 0.1) is 0 Å². The van der Waals surface area contributed by atoms with E-state index < -0.39 is 0 Å². The van der Waals surface area contributed by atoms with E-state index in [0.717, 1.165) is 42.9 Å². The number of benzene rings is 1.